The molecule has 0 aliphatic carbocycles. The summed E-state index contributed by atoms with van der Waals surface area (Å²) in [6, 6.07) is 13.4. The van der Waals surface area contributed by atoms with Crippen molar-refractivity contribution in [3.8, 4) is 0 Å². The maximum Gasteiger partial charge on any atom is 0.329 e. The standard InChI is InChI=1S/C35H44N10O4S/c1-41(2)28-21-36-34(37-22-28)38-27-11-16-44(17-12-27)50(48,49)29-6-4-5-24(19-29)23-43-14-9-25(10-15-43)26-7-8-30-31(20-26)42(3)40-33(30)45-18-13-32(46)39-35(45)47/h4-8,19-22,25,27H,9-18,23H2,1-3H3,(H,36,37,38)(H,39,46,47). The number of carbonyl (C=O) groups excluding carboxylic acids is 2. The van der Waals surface area contributed by atoms with Crippen LogP contribution in [0.3, 0.4) is 0 Å². The van der Waals surface area contributed by atoms with E-state index in [0.717, 1.165) is 48.1 Å². The number of carbonyl (C=O) groups is 2. The molecule has 0 saturated carbocycles. The van der Waals surface area contributed by atoms with Crippen LogP contribution < -0.4 is 20.4 Å². The first-order valence-corrected chi connectivity index (χ1v) is 18.6. The number of sulfonamides is 1. The summed E-state index contributed by atoms with van der Waals surface area (Å²) in [6.07, 6.45) is 7.13. The Morgan fingerprint density at radius 3 is 2.38 bits per heavy atom. The van der Waals surface area contributed by atoms with E-state index in [2.05, 4.69) is 42.7 Å². The first-order valence-electron chi connectivity index (χ1n) is 17.2. The van der Waals surface area contributed by atoms with E-state index in [9.17, 15) is 18.0 Å². The van der Waals surface area contributed by atoms with Crippen molar-refractivity contribution in [2.45, 2.75) is 55.5 Å². The van der Waals surface area contributed by atoms with Gasteiger partial charge < -0.3 is 10.2 Å². The molecule has 2 N–H and O–H groups in total. The van der Waals surface area contributed by atoms with Gasteiger partial charge >= 0.3 is 6.03 Å². The molecule has 3 amide bonds. The Kier molecular flexibility index (Phi) is 9.46. The third-order valence-corrected chi connectivity index (χ3v) is 12.0. The largest absolute Gasteiger partial charge is 0.375 e. The van der Waals surface area contributed by atoms with E-state index in [1.54, 1.807) is 27.4 Å². The maximum absolute atomic E-state index is 13.7. The number of urea groups is 1. The van der Waals surface area contributed by atoms with E-state index in [0.29, 0.717) is 61.6 Å². The fourth-order valence-corrected chi connectivity index (χ4v) is 8.70. The molecule has 2 aromatic heterocycles. The van der Waals surface area contributed by atoms with Gasteiger partial charge in [0.2, 0.25) is 21.9 Å². The predicted molar refractivity (Wildman–Crippen MR) is 192 cm³/mol. The molecule has 3 aliphatic rings. The number of rotatable bonds is 9. The van der Waals surface area contributed by atoms with Gasteiger partial charge in [0.25, 0.3) is 0 Å². The van der Waals surface area contributed by atoms with E-state index >= 15 is 0 Å². The van der Waals surface area contributed by atoms with Crippen LogP contribution in [0.2, 0.25) is 0 Å². The van der Waals surface area contributed by atoms with E-state index in [1.807, 2.05) is 50.3 Å². The van der Waals surface area contributed by atoms with Crippen LogP contribution >= 0.6 is 0 Å². The molecule has 3 fully saturated rings. The number of nitrogens with one attached hydrogen (secondary N) is 2. The number of imide groups is 1. The van der Waals surface area contributed by atoms with Crippen molar-refractivity contribution in [3.05, 3.63) is 66.0 Å². The van der Waals surface area contributed by atoms with Crippen molar-refractivity contribution >= 4 is 50.3 Å². The van der Waals surface area contributed by atoms with Crippen LogP contribution in [0.25, 0.3) is 10.9 Å². The second-order valence-corrected chi connectivity index (χ2v) is 15.6. The number of amides is 3. The van der Waals surface area contributed by atoms with Crippen molar-refractivity contribution in [2.24, 2.45) is 7.05 Å². The molecule has 0 bridgehead atoms. The van der Waals surface area contributed by atoms with Gasteiger partial charge in [0.1, 0.15) is 0 Å². The lowest BCUT2D eigenvalue weighted by atomic mass is 9.89. The molecule has 0 atom stereocenters. The van der Waals surface area contributed by atoms with Crippen LogP contribution in [0, 0.1) is 0 Å². The fourth-order valence-electron chi connectivity index (χ4n) is 7.16. The fraction of sp³-hybridized carbons (Fsp3) is 0.457. The van der Waals surface area contributed by atoms with Crippen LogP contribution in [0.5, 0.6) is 0 Å². The van der Waals surface area contributed by atoms with E-state index in [-0.39, 0.29) is 18.4 Å². The number of aromatic nitrogens is 4. The number of anilines is 3. The molecule has 0 radical (unpaired) electrons. The van der Waals surface area contributed by atoms with Gasteiger partial charge in [0.05, 0.1) is 28.5 Å². The third kappa shape index (κ3) is 7.02. The van der Waals surface area contributed by atoms with Crippen LogP contribution in [0.15, 0.2) is 59.8 Å². The van der Waals surface area contributed by atoms with Gasteiger partial charge in [-0.15, -0.1) is 0 Å². The van der Waals surface area contributed by atoms with Crippen molar-refractivity contribution in [2.75, 3.05) is 61.9 Å². The summed E-state index contributed by atoms with van der Waals surface area (Å²) in [5.74, 6) is 1.24. The minimum atomic E-state index is -3.61. The lowest BCUT2D eigenvalue weighted by Crippen LogP contribution is -2.49. The number of hydrogen-bond donors (Lipinski definition) is 2. The number of nitrogens with zero attached hydrogens (tertiary/aromatic N) is 8. The van der Waals surface area contributed by atoms with Crippen molar-refractivity contribution in [3.63, 3.8) is 0 Å². The molecule has 4 aromatic rings. The first kappa shape index (κ1) is 33.9. The Morgan fingerprint density at radius 2 is 1.68 bits per heavy atom. The second kappa shape index (κ2) is 14.0. The molecule has 50 heavy (non-hydrogen) atoms. The number of piperidine rings is 2. The Balaban J connectivity index is 0.934. The molecule has 0 unspecified atom stereocenters. The zero-order chi connectivity index (χ0) is 35.0. The molecule has 2 aromatic carbocycles. The average Bonchev–Trinajstić information content (AvgIpc) is 3.44. The molecule has 264 valence electrons. The summed E-state index contributed by atoms with van der Waals surface area (Å²) >= 11 is 0. The van der Waals surface area contributed by atoms with Gasteiger partial charge in [-0.3, -0.25) is 24.6 Å². The summed E-state index contributed by atoms with van der Waals surface area (Å²) in [5, 5.41) is 11.2. The molecule has 3 aliphatic heterocycles. The van der Waals surface area contributed by atoms with E-state index in [1.165, 1.54) is 10.5 Å². The monoisotopic (exact) mass is 700 g/mol. The summed E-state index contributed by atoms with van der Waals surface area (Å²) in [7, 11) is 2.15. The van der Waals surface area contributed by atoms with Crippen molar-refractivity contribution in [1.29, 1.82) is 0 Å². The summed E-state index contributed by atoms with van der Waals surface area (Å²) in [6.45, 7) is 3.69. The van der Waals surface area contributed by atoms with Crippen LogP contribution in [-0.4, -0.2) is 102 Å². The second-order valence-electron chi connectivity index (χ2n) is 13.7. The highest BCUT2D eigenvalue weighted by molar-refractivity contribution is 7.89. The lowest BCUT2D eigenvalue weighted by molar-refractivity contribution is -0.120. The Hall–Kier alpha value is -4.60. The number of benzene rings is 2. The number of aryl methyl sites for hydroxylation is 1. The summed E-state index contributed by atoms with van der Waals surface area (Å²) < 4.78 is 30.7. The van der Waals surface area contributed by atoms with Crippen molar-refractivity contribution < 1.29 is 18.0 Å². The molecule has 0 spiro atoms. The number of fused-ring (bicyclic) bond motifs is 1. The van der Waals surface area contributed by atoms with Crippen LogP contribution in [-0.2, 0) is 28.4 Å². The minimum Gasteiger partial charge on any atom is -0.375 e. The van der Waals surface area contributed by atoms with E-state index in [4.69, 9.17) is 0 Å². The first-order chi connectivity index (χ1) is 24.0. The molecule has 3 saturated heterocycles. The highest BCUT2D eigenvalue weighted by Crippen LogP contribution is 2.34. The zero-order valence-electron chi connectivity index (χ0n) is 28.7. The minimum absolute atomic E-state index is 0.111. The zero-order valence-corrected chi connectivity index (χ0v) is 29.6. The Morgan fingerprint density at radius 1 is 0.940 bits per heavy atom. The van der Waals surface area contributed by atoms with Crippen LogP contribution in [0.4, 0.5) is 22.2 Å². The highest BCUT2D eigenvalue weighted by Gasteiger charge is 2.31. The molecule has 15 heteroatoms. The summed E-state index contributed by atoms with van der Waals surface area (Å²) in [4.78, 5) is 39.1. The number of likely N-dealkylation sites (tertiary alicyclic amines) is 1. The van der Waals surface area contributed by atoms with Gasteiger partial charge in [-0.05, 0) is 80.1 Å². The highest BCUT2D eigenvalue weighted by atomic mass is 32.2. The quantitative estimate of drug-likeness (QED) is 0.266. The van der Waals surface area contributed by atoms with Gasteiger partial charge in [0.15, 0.2) is 5.82 Å². The average molecular weight is 701 g/mol. The van der Waals surface area contributed by atoms with E-state index < -0.39 is 16.1 Å². The summed E-state index contributed by atoms with van der Waals surface area (Å²) in [5.41, 5.74) is 4.11. The third-order valence-electron chi connectivity index (χ3n) is 10.1. The van der Waals surface area contributed by atoms with Gasteiger partial charge in [-0.25, -0.2) is 23.2 Å². The topological polar surface area (TPSA) is 149 Å². The Labute approximate surface area is 292 Å². The lowest BCUT2D eigenvalue weighted by Gasteiger charge is -2.33. The molecule has 5 heterocycles. The molecule has 7 rings (SSSR count). The van der Waals surface area contributed by atoms with Gasteiger partial charge in [0, 0.05) is 65.2 Å². The normalized spacial score (nSPS) is 18.8. The molecular formula is C35H44N10O4S. The van der Waals surface area contributed by atoms with Gasteiger partial charge in [-0.1, -0.05) is 18.2 Å². The molecule has 14 nitrogen and oxygen atoms in total. The van der Waals surface area contributed by atoms with Crippen molar-refractivity contribution in [1.82, 2.24) is 34.3 Å². The molecular weight excluding hydrogens is 657 g/mol. The SMILES string of the molecule is CN(C)c1cnc(NC2CCN(S(=O)(=O)c3cccc(CN4CCC(c5ccc6c(N7CCC(=O)NC7=O)nn(C)c6c5)CC4)c3)CC2)nc1. The van der Waals surface area contributed by atoms with Crippen LogP contribution in [0.1, 0.15) is 49.1 Å². The maximum atomic E-state index is 13.7. The number of hydrogen-bond acceptors (Lipinski definition) is 10. The van der Waals surface area contributed by atoms with Gasteiger partial charge in [-0.2, -0.15) is 9.40 Å². The predicted octanol–water partition coefficient (Wildman–Crippen LogP) is 3.52. The Bertz CT molecular complexity index is 1980. The smallest absolute Gasteiger partial charge is 0.329 e.